The maximum absolute atomic E-state index is 6.45. The molecule has 21 heavy (non-hydrogen) atoms. The van der Waals surface area contributed by atoms with Crippen LogP contribution in [0.3, 0.4) is 0 Å². The molecule has 1 nitrogen and oxygen atoms in total. The molecule has 5 rings (SSSR count). The Bertz CT molecular complexity index is 468. The third kappa shape index (κ3) is 1.53. The second kappa shape index (κ2) is 3.89. The summed E-state index contributed by atoms with van der Waals surface area (Å²) in [5, 5.41) is 0. The van der Waals surface area contributed by atoms with E-state index < -0.39 is 0 Å². The lowest BCUT2D eigenvalue weighted by atomic mass is 9.40. The smallest absolute Gasteiger partial charge is 0.0616 e. The molecule has 0 radical (unpaired) electrons. The Labute approximate surface area is 130 Å². The fourth-order valence-electron chi connectivity index (χ4n) is 8.60. The summed E-state index contributed by atoms with van der Waals surface area (Å²) in [5.74, 6) is 3.76. The average molecular weight is 288 g/mol. The van der Waals surface area contributed by atoms with E-state index in [0.717, 1.165) is 30.3 Å². The molecule has 1 saturated heterocycles. The third-order valence-corrected chi connectivity index (χ3v) is 9.01. The summed E-state index contributed by atoms with van der Waals surface area (Å²) in [7, 11) is 0. The van der Waals surface area contributed by atoms with Gasteiger partial charge in [-0.3, -0.25) is 0 Å². The maximum Gasteiger partial charge on any atom is 0.0616 e. The van der Waals surface area contributed by atoms with Crippen LogP contribution in [0.25, 0.3) is 0 Å². The highest BCUT2D eigenvalue weighted by Crippen LogP contribution is 2.73. The van der Waals surface area contributed by atoms with E-state index in [0.29, 0.717) is 22.3 Å². The molecular weight excluding hydrogens is 256 g/mol. The summed E-state index contributed by atoms with van der Waals surface area (Å²) in [6, 6.07) is 0. The molecule has 118 valence electrons. The van der Waals surface area contributed by atoms with Crippen LogP contribution >= 0.6 is 0 Å². The molecule has 1 spiro atoms. The van der Waals surface area contributed by atoms with E-state index in [-0.39, 0.29) is 0 Å². The number of hydrogen-bond donors (Lipinski definition) is 0. The van der Waals surface area contributed by atoms with Crippen LogP contribution in [0.15, 0.2) is 0 Å². The molecule has 5 aliphatic rings. The molecule has 7 atom stereocenters. The van der Waals surface area contributed by atoms with Crippen molar-refractivity contribution in [1.29, 1.82) is 0 Å². The maximum atomic E-state index is 6.45. The van der Waals surface area contributed by atoms with Gasteiger partial charge in [0.15, 0.2) is 0 Å². The van der Waals surface area contributed by atoms with Crippen LogP contribution in [-0.4, -0.2) is 12.7 Å². The summed E-state index contributed by atoms with van der Waals surface area (Å²) in [6.45, 7) is 8.90. The van der Waals surface area contributed by atoms with Crippen LogP contribution in [0.2, 0.25) is 0 Å². The Morgan fingerprint density at radius 2 is 1.76 bits per heavy atom. The fourth-order valence-corrected chi connectivity index (χ4v) is 8.60. The molecule has 1 heterocycles. The largest absolute Gasteiger partial charge is 0.378 e. The SMILES string of the molecule is CC1(C)CCC[C@]2(C)[C@@H]1CC[C@]13C[C@H]4C[C@H](OC[C@H]4C1)[C@H]32. The summed E-state index contributed by atoms with van der Waals surface area (Å²) in [6.07, 6.45) is 12.5. The van der Waals surface area contributed by atoms with Crippen molar-refractivity contribution in [3.63, 3.8) is 0 Å². The molecule has 4 saturated carbocycles. The van der Waals surface area contributed by atoms with Crippen molar-refractivity contribution in [3.8, 4) is 0 Å². The first kappa shape index (κ1) is 13.4. The van der Waals surface area contributed by atoms with Crippen LogP contribution in [0.1, 0.15) is 72.1 Å². The van der Waals surface area contributed by atoms with Crippen LogP contribution in [0.4, 0.5) is 0 Å². The van der Waals surface area contributed by atoms with E-state index >= 15 is 0 Å². The van der Waals surface area contributed by atoms with Crippen molar-refractivity contribution in [2.45, 2.75) is 78.2 Å². The quantitative estimate of drug-likeness (QED) is 0.606. The van der Waals surface area contributed by atoms with Gasteiger partial charge in [-0.2, -0.15) is 0 Å². The van der Waals surface area contributed by atoms with Gasteiger partial charge >= 0.3 is 0 Å². The highest BCUT2D eigenvalue weighted by atomic mass is 16.5. The predicted octanol–water partition coefficient (Wildman–Crippen LogP) is 5.04. The second-order valence-corrected chi connectivity index (χ2v) is 10.3. The summed E-state index contributed by atoms with van der Waals surface area (Å²) >= 11 is 0. The molecule has 0 aromatic carbocycles. The van der Waals surface area contributed by atoms with Crippen molar-refractivity contribution < 1.29 is 4.74 Å². The van der Waals surface area contributed by atoms with Crippen LogP contribution in [-0.2, 0) is 4.74 Å². The summed E-state index contributed by atoms with van der Waals surface area (Å²) in [5.41, 5.74) is 1.81. The van der Waals surface area contributed by atoms with E-state index in [9.17, 15) is 0 Å². The molecule has 0 aromatic rings. The molecule has 3 bridgehead atoms. The predicted molar refractivity (Wildman–Crippen MR) is 85.0 cm³/mol. The number of hydrogen-bond acceptors (Lipinski definition) is 1. The first-order valence-electron chi connectivity index (χ1n) is 9.56. The van der Waals surface area contributed by atoms with Crippen LogP contribution < -0.4 is 0 Å². The van der Waals surface area contributed by atoms with E-state index in [4.69, 9.17) is 4.74 Å². The molecular formula is C20H32O. The Kier molecular flexibility index (Phi) is 2.48. The number of fused-ring (bicyclic) bond motifs is 4. The van der Waals surface area contributed by atoms with Crippen molar-refractivity contribution in [2.75, 3.05) is 6.61 Å². The minimum absolute atomic E-state index is 0.558. The van der Waals surface area contributed by atoms with Crippen molar-refractivity contribution in [3.05, 3.63) is 0 Å². The lowest BCUT2D eigenvalue weighted by molar-refractivity contribution is -0.201. The van der Waals surface area contributed by atoms with Gasteiger partial charge in [-0.25, -0.2) is 0 Å². The van der Waals surface area contributed by atoms with Crippen LogP contribution in [0, 0.1) is 39.9 Å². The monoisotopic (exact) mass is 288 g/mol. The average Bonchev–Trinajstić information content (AvgIpc) is 2.58. The standard InChI is InChI=1S/C20H32O/c1-18(2)6-4-7-19(3)16(18)5-8-20-10-13-9-15(17(19)20)21-12-14(13)11-20/h13-17H,4-12H2,1-3H3/t13-,14-,15+,16-,17+,19-,20+/m1/s1. The van der Waals surface area contributed by atoms with Gasteiger partial charge in [0.25, 0.3) is 0 Å². The molecule has 4 aliphatic carbocycles. The Hall–Kier alpha value is -0.0400. The van der Waals surface area contributed by atoms with E-state index in [2.05, 4.69) is 20.8 Å². The highest BCUT2D eigenvalue weighted by molar-refractivity contribution is 5.16. The number of rotatable bonds is 0. The topological polar surface area (TPSA) is 9.23 Å². The van der Waals surface area contributed by atoms with Crippen LogP contribution in [0.5, 0.6) is 0 Å². The summed E-state index contributed by atoms with van der Waals surface area (Å²) in [4.78, 5) is 0. The van der Waals surface area contributed by atoms with Gasteiger partial charge in [0, 0.05) is 0 Å². The Balaban J connectivity index is 1.61. The Morgan fingerprint density at radius 3 is 2.62 bits per heavy atom. The first-order valence-corrected chi connectivity index (χ1v) is 9.56. The normalized spacial score (nSPS) is 60.4. The lowest BCUT2D eigenvalue weighted by Gasteiger charge is -2.65. The molecule has 5 fully saturated rings. The first-order chi connectivity index (χ1) is 9.95. The van der Waals surface area contributed by atoms with E-state index in [1.165, 1.54) is 44.9 Å². The van der Waals surface area contributed by atoms with Gasteiger partial charge in [-0.05, 0) is 84.9 Å². The summed E-state index contributed by atoms with van der Waals surface area (Å²) < 4.78 is 6.45. The van der Waals surface area contributed by atoms with Gasteiger partial charge in [0.2, 0.25) is 0 Å². The van der Waals surface area contributed by atoms with Gasteiger partial charge in [-0.1, -0.05) is 27.2 Å². The van der Waals surface area contributed by atoms with Gasteiger partial charge in [0.1, 0.15) is 0 Å². The van der Waals surface area contributed by atoms with Gasteiger partial charge in [-0.15, -0.1) is 0 Å². The third-order valence-electron chi connectivity index (χ3n) is 9.01. The zero-order valence-electron chi connectivity index (χ0n) is 14.2. The molecule has 0 unspecified atom stereocenters. The molecule has 0 aromatic heterocycles. The van der Waals surface area contributed by atoms with E-state index in [1.54, 1.807) is 6.42 Å². The fraction of sp³-hybridized carbons (Fsp3) is 1.00. The molecule has 1 heteroatoms. The van der Waals surface area contributed by atoms with Gasteiger partial charge < -0.3 is 4.74 Å². The zero-order valence-corrected chi connectivity index (χ0v) is 14.2. The highest BCUT2D eigenvalue weighted by Gasteiger charge is 2.68. The Morgan fingerprint density at radius 1 is 0.952 bits per heavy atom. The minimum Gasteiger partial charge on any atom is -0.378 e. The van der Waals surface area contributed by atoms with Crippen molar-refractivity contribution >= 4 is 0 Å². The van der Waals surface area contributed by atoms with E-state index in [1.807, 2.05) is 0 Å². The molecule has 1 aliphatic heterocycles. The van der Waals surface area contributed by atoms with Crippen molar-refractivity contribution in [1.82, 2.24) is 0 Å². The second-order valence-electron chi connectivity index (χ2n) is 10.3. The minimum atomic E-state index is 0.558. The molecule has 0 N–H and O–H groups in total. The van der Waals surface area contributed by atoms with Gasteiger partial charge in [0.05, 0.1) is 12.7 Å². The zero-order chi connectivity index (χ0) is 14.5. The lowest BCUT2D eigenvalue weighted by Crippen LogP contribution is -2.60. The number of ether oxygens (including phenoxy) is 1. The molecule has 0 amide bonds. The van der Waals surface area contributed by atoms with Crippen molar-refractivity contribution in [2.24, 2.45) is 39.9 Å².